The maximum absolute atomic E-state index is 12.2. The fraction of sp³-hybridized carbons (Fsp3) is 0.227. The first-order valence-electron chi connectivity index (χ1n) is 9.51. The van der Waals surface area contributed by atoms with Crippen LogP contribution >= 0.6 is 11.6 Å². The van der Waals surface area contributed by atoms with Gasteiger partial charge in [0.25, 0.3) is 0 Å². The number of amides is 1. The topological polar surface area (TPSA) is 78.3 Å². The van der Waals surface area contributed by atoms with Crippen molar-refractivity contribution in [3.63, 3.8) is 0 Å². The molecule has 1 amide bonds. The van der Waals surface area contributed by atoms with Gasteiger partial charge in [-0.05, 0) is 42.8 Å². The summed E-state index contributed by atoms with van der Waals surface area (Å²) >= 11 is 6.26. The second-order valence-electron chi connectivity index (χ2n) is 6.32. The maximum atomic E-state index is 12.2. The summed E-state index contributed by atoms with van der Waals surface area (Å²) in [5, 5.41) is 7.52. The lowest BCUT2D eigenvalue weighted by Crippen LogP contribution is -2.09. The number of hydrogen-bond donors (Lipinski definition) is 1. The molecule has 2 heterocycles. The Morgan fingerprint density at radius 3 is 2.90 bits per heavy atom. The number of methoxy groups -OCH3 is 1. The summed E-state index contributed by atoms with van der Waals surface area (Å²) in [6.45, 7) is 3.02. The summed E-state index contributed by atoms with van der Waals surface area (Å²) in [5.74, 6) is 1.18. The Hall–Kier alpha value is -3.32. The fourth-order valence-corrected chi connectivity index (χ4v) is 3.06. The Labute approximate surface area is 180 Å². The van der Waals surface area contributed by atoms with Gasteiger partial charge < -0.3 is 14.8 Å². The molecule has 0 fully saturated rings. The smallest absolute Gasteiger partial charge is 0.249 e. The molecule has 0 unspecified atom stereocenters. The minimum absolute atomic E-state index is 0.297. The van der Waals surface area contributed by atoms with Gasteiger partial charge in [-0.15, -0.1) is 0 Å². The summed E-state index contributed by atoms with van der Waals surface area (Å²) in [6, 6.07) is 11.0. The number of nitrogens with one attached hydrogen (secondary N) is 1. The van der Waals surface area contributed by atoms with E-state index in [0.717, 1.165) is 17.7 Å². The number of nitrogens with zero attached hydrogens (tertiary/aromatic N) is 3. The molecule has 3 aromatic rings. The summed E-state index contributed by atoms with van der Waals surface area (Å²) < 4.78 is 12.6. The molecule has 0 aliphatic rings. The van der Waals surface area contributed by atoms with Crippen molar-refractivity contribution in [1.82, 2.24) is 14.8 Å². The van der Waals surface area contributed by atoms with Crippen LogP contribution in [0.25, 0.3) is 6.08 Å². The number of benzene rings is 1. The Morgan fingerprint density at radius 2 is 2.17 bits per heavy atom. The van der Waals surface area contributed by atoms with E-state index in [-0.39, 0.29) is 5.91 Å². The highest BCUT2D eigenvalue weighted by molar-refractivity contribution is 6.32. The zero-order valence-corrected chi connectivity index (χ0v) is 17.6. The molecule has 0 saturated carbocycles. The van der Waals surface area contributed by atoms with Gasteiger partial charge in [0.15, 0.2) is 17.3 Å². The molecule has 1 aromatic carbocycles. The summed E-state index contributed by atoms with van der Waals surface area (Å²) in [7, 11) is 1.54. The van der Waals surface area contributed by atoms with Gasteiger partial charge in [-0.3, -0.25) is 14.5 Å². The van der Waals surface area contributed by atoms with Crippen molar-refractivity contribution in [2.24, 2.45) is 0 Å². The van der Waals surface area contributed by atoms with Gasteiger partial charge in [0.2, 0.25) is 5.91 Å². The zero-order valence-electron chi connectivity index (χ0n) is 16.8. The lowest BCUT2D eigenvalue weighted by Gasteiger charge is -2.11. The summed E-state index contributed by atoms with van der Waals surface area (Å²) in [6.07, 6.45) is 7.41. The number of hydrogen-bond acceptors (Lipinski definition) is 5. The fourth-order valence-electron chi connectivity index (χ4n) is 2.79. The highest BCUT2D eigenvalue weighted by Crippen LogP contribution is 2.36. The van der Waals surface area contributed by atoms with E-state index in [1.807, 2.05) is 31.3 Å². The monoisotopic (exact) mass is 426 g/mol. The predicted octanol–water partition coefficient (Wildman–Crippen LogP) is 4.23. The van der Waals surface area contributed by atoms with E-state index >= 15 is 0 Å². The Bertz CT molecular complexity index is 1020. The van der Waals surface area contributed by atoms with Crippen LogP contribution < -0.4 is 14.8 Å². The van der Waals surface area contributed by atoms with E-state index in [1.54, 1.807) is 42.3 Å². The minimum atomic E-state index is -0.297. The van der Waals surface area contributed by atoms with Crippen molar-refractivity contribution < 1.29 is 14.3 Å². The van der Waals surface area contributed by atoms with Gasteiger partial charge in [0.05, 0.1) is 18.7 Å². The number of carbonyl (C=O) groups excluding carboxylic acids is 1. The molecule has 2 aromatic heterocycles. The number of halogens is 1. The van der Waals surface area contributed by atoms with Crippen LogP contribution in [0, 0.1) is 0 Å². The van der Waals surface area contributed by atoms with Crippen molar-refractivity contribution >= 4 is 29.4 Å². The van der Waals surface area contributed by atoms with Crippen molar-refractivity contribution in [2.75, 3.05) is 19.0 Å². The van der Waals surface area contributed by atoms with E-state index in [2.05, 4.69) is 15.4 Å². The van der Waals surface area contributed by atoms with E-state index in [9.17, 15) is 4.79 Å². The van der Waals surface area contributed by atoms with Crippen LogP contribution in [0.2, 0.25) is 5.02 Å². The molecule has 30 heavy (non-hydrogen) atoms. The average Bonchev–Trinajstić information content (AvgIpc) is 3.20. The van der Waals surface area contributed by atoms with Gasteiger partial charge in [-0.2, -0.15) is 5.10 Å². The highest BCUT2D eigenvalue weighted by atomic mass is 35.5. The molecule has 156 valence electrons. The van der Waals surface area contributed by atoms with Crippen molar-refractivity contribution in [2.45, 2.75) is 19.9 Å². The van der Waals surface area contributed by atoms with Gasteiger partial charge >= 0.3 is 0 Å². The Kier molecular flexibility index (Phi) is 7.45. The van der Waals surface area contributed by atoms with E-state index in [1.165, 1.54) is 6.08 Å². The van der Waals surface area contributed by atoms with Gasteiger partial charge in [0, 0.05) is 43.2 Å². The number of aryl methyl sites for hydroxylation is 2. The van der Waals surface area contributed by atoms with Gasteiger partial charge in [-0.25, -0.2) is 0 Å². The predicted molar refractivity (Wildman–Crippen MR) is 117 cm³/mol. The molecule has 0 aliphatic heterocycles. The first kappa shape index (κ1) is 21.4. The lowest BCUT2D eigenvalue weighted by atomic mass is 10.2. The van der Waals surface area contributed by atoms with Crippen molar-refractivity contribution in [3.05, 3.63) is 71.1 Å². The van der Waals surface area contributed by atoms with Crippen LogP contribution in [0.3, 0.4) is 0 Å². The lowest BCUT2D eigenvalue weighted by molar-refractivity contribution is -0.111. The SMILES string of the molecule is CCOc1c(Cl)cc(/C=C\C(=O)Nc2ccn(CCc3ccccn3)n2)cc1OC. The number of rotatable bonds is 9. The molecule has 0 spiro atoms. The zero-order chi connectivity index (χ0) is 21.3. The molecule has 3 rings (SSSR count). The molecular formula is C22H23ClN4O3. The molecule has 0 atom stereocenters. The van der Waals surface area contributed by atoms with Crippen LogP contribution in [-0.4, -0.2) is 34.4 Å². The molecule has 0 aliphatic carbocycles. The molecule has 0 radical (unpaired) electrons. The standard InChI is InChI=1S/C22H23ClN4O3/c1-3-30-22-18(23)14-16(15-19(22)29-2)7-8-21(28)25-20-10-13-27(26-20)12-9-17-6-4-5-11-24-17/h4-8,10-11,13-15H,3,9,12H2,1-2H3,(H,25,26,28)/b8-7-. The molecular weight excluding hydrogens is 404 g/mol. The van der Waals surface area contributed by atoms with E-state index in [0.29, 0.717) is 35.5 Å². The summed E-state index contributed by atoms with van der Waals surface area (Å²) in [5.41, 5.74) is 1.71. The number of anilines is 1. The van der Waals surface area contributed by atoms with E-state index in [4.69, 9.17) is 21.1 Å². The quantitative estimate of drug-likeness (QED) is 0.518. The second kappa shape index (κ2) is 10.5. The van der Waals surface area contributed by atoms with Crippen LogP contribution in [0.1, 0.15) is 18.2 Å². The number of pyridine rings is 1. The van der Waals surface area contributed by atoms with Gasteiger partial charge in [0.1, 0.15) is 0 Å². The second-order valence-corrected chi connectivity index (χ2v) is 6.73. The maximum Gasteiger partial charge on any atom is 0.249 e. The third-order valence-electron chi connectivity index (χ3n) is 4.18. The molecule has 7 nitrogen and oxygen atoms in total. The van der Waals surface area contributed by atoms with Crippen LogP contribution in [0.5, 0.6) is 11.5 Å². The molecule has 1 N–H and O–H groups in total. The first-order chi connectivity index (χ1) is 14.6. The normalized spacial score (nSPS) is 10.9. The van der Waals surface area contributed by atoms with E-state index < -0.39 is 0 Å². The molecule has 0 saturated heterocycles. The van der Waals surface area contributed by atoms with Crippen molar-refractivity contribution in [3.8, 4) is 11.5 Å². The molecule has 0 bridgehead atoms. The minimum Gasteiger partial charge on any atom is -0.493 e. The van der Waals surface area contributed by atoms with Crippen LogP contribution in [0.4, 0.5) is 5.82 Å². The Morgan fingerprint density at radius 1 is 1.30 bits per heavy atom. The first-order valence-corrected chi connectivity index (χ1v) is 9.89. The summed E-state index contributed by atoms with van der Waals surface area (Å²) in [4.78, 5) is 16.5. The van der Waals surface area contributed by atoms with Crippen LogP contribution in [0.15, 0.2) is 54.9 Å². The average molecular weight is 427 g/mol. The third-order valence-corrected chi connectivity index (χ3v) is 4.46. The number of ether oxygens (including phenoxy) is 2. The van der Waals surface area contributed by atoms with Crippen LogP contribution in [-0.2, 0) is 17.8 Å². The number of carbonyl (C=O) groups is 1. The van der Waals surface area contributed by atoms with Gasteiger partial charge in [-0.1, -0.05) is 17.7 Å². The molecule has 8 heteroatoms. The third kappa shape index (κ3) is 5.84. The highest BCUT2D eigenvalue weighted by Gasteiger charge is 2.11. The van der Waals surface area contributed by atoms with Crippen molar-refractivity contribution in [1.29, 1.82) is 0 Å². The number of aromatic nitrogens is 3. The largest absolute Gasteiger partial charge is 0.493 e. The Balaban J connectivity index is 1.58.